The Kier molecular flexibility index (Phi) is 5.09. The van der Waals surface area contributed by atoms with Crippen LogP contribution in [0.4, 0.5) is 17.3 Å². The van der Waals surface area contributed by atoms with Gasteiger partial charge in [0.2, 0.25) is 0 Å². The van der Waals surface area contributed by atoms with Gasteiger partial charge < -0.3 is 17.3 Å². The summed E-state index contributed by atoms with van der Waals surface area (Å²) in [6.45, 7) is 0. The molecule has 98 valence electrons. The third-order valence-corrected chi connectivity index (χ3v) is 2.87. The molecule has 0 N–H and O–H groups in total. The minimum Gasteiger partial charge on any atom is -0.418 e. The number of aryl methyl sites for hydroxylation is 1. The summed E-state index contributed by atoms with van der Waals surface area (Å²) in [5.41, 5.74) is 2.08. The fourth-order valence-electron chi connectivity index (χ4n) is 1.20. The second-order valence-corrected chi connectivity index (χ2v) is 4.54. The van der Waals surface area contributed by atoms with Gasteiger partial charge >= 0.3 is 7.25 Å². The molecule has 0 saturated heterocycles. The van der Waals surface area contributed by atoms with Gasteiger partial charge in [-0.2, -0.15) is 0 Å². The molecule has 0 fully saturated rings. The Balaban J connectivity index is 0.000000280. The second-order valence-electron chi connectivity index (χ2n) is 3.18. The van der Waals surface area contributed by atoms with E-state index in [4.69, 9.17) is 11.6 Å². The highest BCUT2D eigenvalue weighted by atomic mass is 35.5. The van der Waals surface area contributed by atoms with Crippen molar-refractivity contribution in [2.45, 2.75) is 0 Å². The first-order valence-corrected chi connectivity index (χ1v) is 5.88. The smallest absolute Gasteiger partial charge is 0.418 e. The van der Waals surface area contributed by atoms with E-state index < -0.39 is 7.25 Å². The lowest BCUT2D eigenvalue weighted by Crippen LogP contribution is -2.31. The largest absolute Gasteiger partial charge is 0.673 e. The van der Waals surface area contributed by atoms with E-state index in [1.807, 2.05) is 37.4 Å². The molecule has 2 nitrogen and oxygen atoms in total. The number of nitrogens with zero attached hydrogens (tertiary/aromatic N) is 2. The molecular formula is C9H8BClF4N2S. The van der Waals surface area contributed by atoms with Crippen molar-refractivity contribution in [3.63, 3.8) is 0 Å². The van der Waals surface area contributed by atoms with Crippen LogP contribution in [0.25, 0.3) is 11.3 Å². The molecule has 0 saturated carbocycles. The molecule has 0 bridgehead atoms. The highest BCUT2D eigenvalue weighted by Gasteiger charge is 2.20. The van der Waals surface area contributed by atoms with Crippen molar-refractivity contribution in [1.29, 1.82) is 0 Å². The SMILES string of the molecule is C[n+]1nsc(Cl)c1-c1ccccc1.F[B-](F)(F)F. The summed E-state index contributed by atoms with van der Waals surface area (Å²) in [5, 5.41) is 0. The van der Waals surface area contributed by atoms with Gasteiger partial charge in [0.25, 0.3) is 5.69 Å². The zero-order chi connectivity index (χ0) is 13.8. The molecular weight excluding hydrogens is 290 g/mol. The van der Waals surface area contributed by atoms with Crippen LogP contribution in [0, 0.1) is 0 Å². The third kappa shape index (κ3) is 5.01. The lowest BCUT2D eigenvalue weighted by Gasteiger charge is -1.94. The summed E-state index contributed by atoms with van der Waals surface area (Å²) < 4.78 is 45.6. The summed E-state index contributed by atoms with van der Waals surface area (Å²) in [6, 6.07) is 10.0. The van der Waals surface area contributed by atoms with E-state index in [0.717, 1.165) is 15.6 Å². The molecule has 0 amide bonds. The van der Waals surface area contributed by atoms with Gasteiger partial charge in [0.05, 0.1) is 21.6 Å². The van der Waals surface area contributed by atoms with Crippen LogP contribution in [0.5, 0.6) is 0 Å². The number of benzene rings is 1. The van der Waals surface area contributed by atoms with Gasteiger partial charge in [0.1, 0.15) is 0 Å². The van der Waals surface area contributed by atoms with Crippen LogP contribution in [0.3, 0.4) is 0 Å². The van der Waals surface area contributed by atoms with Crippen LogP contribution in [-0.4, -0.2) is 11.7 Å². The van der Waals surface area contributed by atoms with E-state index in [1.165, 1.54) is 11.5 Å². The predicted molar refractivity (Wildman–Crippen MR) is 63.9 cm³/mol. The van der Waals surface area contributed by atoms with Crippen LogP contribution in [0.2, 0.25) is 4.34 Å². The number of hydrogen-bond donors (Lipinski definition) is 0. The maximum absolute atomic E-state index is 9.75. The van der Waals surface area contributed by atoms with Crippen molar-refractivity contribution >= 4 is 30.4 Å². The highest BCUT2D eigenvalue weighted by molar-refractivity contribution is 7.10. The minimum absolute atomic E-state index is 0.730. The van der Waals surface area contributed by atoms with Crippen LogP contribution in [0.15, 0.2) is 30.3 Å². The maximum atomic E-state index is 9.75. The number of hydrogen-bond acceptors (Lipinski definition) is 2. The van der Waals surface area contributed by atoms with Crippen LogP contribution in [0.1, 0.15) is 0 Å². The molecule has 0 unspecified atom stereocenters. The molecule has 0 aliphatic carbocycles. The quantitative estimate of drug-likeness (QED) is 0.447. The van der Waals surface area contributed by atoms with E-state index in [2.05, 4.69) is 4.49 Å². The van der Waals surface area contributed by atoms with Crippen molar-refractivity contribution in [3.05, 3.63) is 34.7 Å². The summed E-state index contributed by atoms with van der Waals surface area (Å²) in [5.74, 6) is 0. The van der Waals surface area contributed by atoms with E-state index in [0.29, 0.717) is 0 Å². The van der Waals surface area contributed by atoms with E-state index in [1.54, 1.807) is 4.68 Å². The van der Waals surface area contributed by atoms with E-state index in [9.17, 15) is 17.3 Å². The first-order valence-electron chi connectivity index (χ1n) is 4.73. The molecule has 1 aromatic carbocycles. The van der Waals surface area contributed by atoms with Crippen molar-refractivity contribution in [2.24, 2.45) is 7.05 Å². The predicted octanol–water partition coefficient (Wildman–Crippen LogP) is 3.59. The van der Waals surface area contributed by atoms with Gasteiger partial charge in [-0.1, -0.05) is 34.5 Å². The Bertz CT molecular complexity index is 478. The standard InChI is InChI=1S/C9H8ClN2S.BF4/c1-12-8(9(10)13-11-12)7-5-3-2-4-6-7;2-1(3,4)5/h2-6H,1H3;/q+1;-1. The molecule has 1 heterocycles. The van der Waals surface area contributed by atoms with Gasteiger partial charge in [-0.05, 0) is 12.1 Å². The number of halogens is 5. The summed E-state index contributed by atoms with van der Waals surface area (Å²) >= 11 is 7.32. The normalized spacial score (nSPS) is 10.8. The summed E-state index contributed by atoms with van der Waals surface area (Å²) in [4.78, 5) is 0. The topological polar surface area (TPSA) is 16.8 Å². The Morgan fingerprint density at radius 1 is 1.17 bits per heavy atom. The lowest BCUT2D eigenvalue weighted by atomic mass is 10.2. The Morgan fingerprint density at radius 2 is 1.67 bits per heavy atom. The molecule has 0 atom stereocenters. The first-order chi connectivity index (χ1) is 8.29. The van der Waals surface area contributed by atoms with Gasteiger partial charge in [0.15, 0.2) is 11.4 Å². The summed E-state index contributed by atoms with van der Waals surface area (Å²) in [6.07, 6.45) is 0. The molecule has 0 aliphatic rings. The van der Waals surface area contributed by atoms with Gasteiger partial charge in [-0.15, -0.1) is 0 Å². The molecule has 2 rings (SSSR count). The molecule has 0 aliphatic heterocycles. The molecule has 0 spiro atoms. The zero-order valence-corrected chi connectivity index (χ0v) is 10.7. The zero-order valence-electron chi connectivity index (χ0n) is 9.16. The fourth-order valence-corrected chi connectivity index (χ4v) is 2.14. The van der Waals surface area contributed by atoms with E-state index >= 15 is 0 Å². The molecule has 18 heavy (non-hydrogen) atoms. The summed E-state index contributed by atoms with van der Waals surface area (Å²) in [7, 11) is -4.11. The van der Waals surface area contributed by atoms with Gasteiger partial charge in [0, 0.05) is 0 Å². The first kappa shape index (κ1) is 14.9. The average Bonchev–Trinajstić information content (AvgIpc) is 2.57. The van der Waals surface area contributed by atoms with Crippen LogP contribution in [-0.2, 0) is 7.05 Å². The van der Waals surface area contributed by atoms with Gasteiger partial charge in [-0.25, -0.2) is 0 Å². The van der Waals surface area contributed by atoms with E-state index in [-0.39, 0.29) is 0 Å². The highest BCUT2D eigenvalue weighted by Crippen LogP contribution is 2.26. The third-order valence-electron chi connectivity index (χ3n) is 1.80. The molecule has 1 aromatic heterocycles. The van der Waals surface area contributed by atoms with Gasteiger partial charge in [-0.3, -0.25) is 0 Å². The van der Waals surface area contributed by atoms with Crippen molar-refractivity contribution in [2.75, 3.05) is 0 Å². The maximum Gasteiger partial charge on any atom is 0.673 e. The Morgan fingerprint density at radius 3 is 2.06 bits per heavy atom. The van der Waals surface area contributed by atoms with Crippen LogP contribution < -0.4 is 4.68 Å². The monoisotopic (exact) mass is 298 g/mol. The van der Waals surface area contributed by atoms with Crippen molar-refractivity contribution < 1.29 is 21.9 Å². The Hall–Kier alpha value is -1.15. The van der Waals surface area contributed by atoms with Crippen molar-refractivity contribution in [3.8, 4) is 11.3 Å². The minimum atomic E-state index is -6.00. The lowest BCUT2D eigenvalue weighted by molar-refractivity contribution is -0.712. The molecule has 0 radical (unpaired) electrons. The molecule has 2 aromatic rings. The Labute approximate surface area is 110 Å². The van der Waals surface area contributed by atoms with Crippen molar-refractivity contribution in [1.82, 2.24) is 4.49 Å². The molecule has 9 heteroatoms. The van der Waals surface area contributed by atoms with Crippen LogP contribution >= 0.6 is 23.1 Å². The number of aromatic nitrogens is 2. The average molecular weight is 299 g/mol. The number of rotatable bonds is 1. The fraction of sp³-hybridized carbons (Fsp3) is 0.111. The second kappa shape index (κ2) is 6.15.